The lowest BCUT2D eigenvalue weighted by Crippen LogP contribution is -2.68. The molecule has 1 N–H and O–H groups in total. The highest BCUT2D eigenvalue weighted by Gasteiger charge is 2.54. The quantitative estimate of drug-likeness (QED) is 0.0554. The van der Waals surface area contributed by atoms with E-state index in [0.717, 1.165) is 32.7 Å². The Balaban J connectivity index is 1.19. The lowest BCUT2D eigenvalue weighted by Gasteiger charge is -2.50. The average Bonchev–Trinajstić information content (AvgIpc) is 3.40. The minimum atomic E-state index is -1.14. The molecule has 0 spiro atoms. The van der Waals surface area contributed by atoms with Gasteiger partial charge in [-0.2, -0.15) is 0 Å². The molecule has 0 saturated carbocycles. The van der Waals surface area contributed by atoms with Crippen molar-refractivity contribution < 1.29 is 47.4 Å². The highest BCUT2D eigenvalue weighted by Crippen LogP contribution is 2.40. The molecule has 70 heavy (non-hydrogen) atoms. The first kappa shape index (κ1) is 50.9. The Morgan fingerprint density at radius 3 is 1.39 bits per heavy atom. The van der Waals surface area contributed by atoms with E-state index in [-0.39, 0.29) is 45.5 Å². The van der Waals surface area contributed by atoms with Gasteiger partial charge in [-0.05, 0) is 39.9 Å². The van der Waals surface area contributed by atoms with E-state index in [2.05, 4.69) is 24.0 Å². The van der Waals surface area contributed by atoms with Crippen LogP contribution in [0.15, 0.2) is 200 Å². The number of benzene rings is 6. The number of hydrogen-bond acceptors (Lipinski definition) is 11. The van der Waals surface area contributed by atoms with Gasteiger partial charge in [0, 0.05) is 11.8 Å². The monoisotopic (exact) mass is 965 g/mol. The fourth-order valence-corrected chi connectivity index (χ4v) is 9.73. The van der Waals surface area contributed by atoms with Crippen molar-refractivity contribution in [2.24, 2.45) is 0 Å². The molecule has 0 bridgehead atoms. The summed E-state index contributed by atoms with van der Waals surface area (Å²) in [6.45, 7) is 7.25. The molecule has 2 aliphatic rings. The van der Waals surface area contributed by atoms with Gasteiger partial charge in [0.1, 0.15) is 54.2 Å². The normalized spacial score (nSPS) is 24.4. The van der Waals surface area contributed by atoms with Gasteiger partial charge in [-0.1, -0.05) is 188 Å². The molecule has 0 aromatic heterocycles. The van der Waals surface area contributed by atoms with Gasteiger partial charge in [-0.25, -0.2) is 0 Å². The lowest BCUT2D eigenvalue weighted by molar-refractivity contribution is -0.333. The average molecular weight is 966 g/mol. The highest BCUT2D eigenvalue weighted by atomic mass is 32.2. The summed E-state index contributed by atoms with van der Waals surface area (Å²) >= 11 is 1.56. The summed E-state index contributed by atoms with van der Waals surface area (Å²) in [6.07, 6.45) is -4.77. The smallest absolute Gasteiger partial charge is 0.217 e. The maximum Gasteiger partial charge on any atom is 0.217 e. The van der Waals surface area contributed by atoms with Crippen LogP contribution in [0.5, 0.6) is 0 Å². The first-order chi connectivity index (χ1) is 34.5. The zero-order valence-corrected chi connectivity index (χ0v) is 40.3. The van der Waals surface area contributed by atoms with E-state index >= 15 is 0 Å². The predicted octanol–water partition coefficient (Wildman–Crippen LogP) is 9.88. The molecule has 2 heterocycles. The fourth-order valence-electron chi connectivity index (χ4n) is 8.58. The number of carbonyl (C=O) groups excluding carboxylic acids is 1. The standard InChI is InChI=1S/C58H63NO10S/c1-3-34-63-52-49(40-61-35-43-22-10-4-11-23-43)67-57(51(59-42(2)60)54(52)64-37-45-26-14-6-15-27-45)69-53-50(41-62-36-44-24-12-5-13-25-44)68-58(70-48-32-20-9-21-33-48)56(66-39-47-30-18-8-19-31-47)55(53)65-38-46-28-16-7-17-29-46/h3-33,49-58H,1,34-41H2,2H3,(H,59,60)/t49-,50-,51+,52+,53-,54-,55+,56-,57+,58+/m1/s1. The van der Waals surface area contributed by atoms with Crippen LogP contribution >= 0.6 is 11.8 Å². The predicted molar refractivity (Wildman–Crippen MR) is 269 cm³/mol. The van der Waals surface area contributed by atoms with E-state index in [1.165, 1.54) is 6.92 Å². The Kier molecular flexibility index (Phi) is 19.8. The van der Waals surface area contributed by atoms with Crippen molar-refractivity contribution in [1.82, 2.24) is 5.32 Å². The third kappa shape index (κ3) is 15.0. The van der Waals surface area contributed by atoms with Gasteiger partial charge in [0.25, 0.3) is 0 Å². The van der Waals surface area contributed by atoms with Crippen molar-refractivity contribution in [3.05, 3.63) is 222 Å². The van der Waals surface area contributed by atoms with Gasteiger partial charge < -0.3 is 47.9 Å². The van der Waals surface area contributed by atoms with E-state index in [1.807, 2.05) is 170 Å². The second-order valence-corrected chi connectivity index (χ2v) is 18.4. The number of amides is 1. The van der Waals surface area contributed by atoms with E-state index in [4.69, 9.17) is 42.6 Å². The van der Waals surface area contributed by atoms with Gasteiger partial charge in [0.15, 0.2) is 6.29 Å². The molecule has 0 aliphatic carbocycles. The molecule has 0 unspecified atom stereocenters. The Morgan fingerprint density at radius 1 is 0.514 bits per heavy atom. The van der Waals surface area contributed by atoms with Crippen LogP contribution in [0, 0.1) is 0 Å². The van der Waals surface area contributed by atoms with Crippen LogP contribution in [0.3, 0.4) is 0 Å². The SMILES string of the molecule is C=CCO[C@@H]1[C@H](OCc2ccccc2)[C@H](NC(C)=O)[C@H](O[C@H]2[C@H](OCc3ccccc3)[C@@H](OCc3ccccc3)[C@H](Sc3ccccc3)O[C@@H]2COCc2ccccc2)O[C@@H]1COCc1ccccc1. The van der Waals surface area contributed by atoms with Crippen LogP contribution in [-0.2, 0) is 80.5 Å². The molecule has 2 saturated heterocycles. The Morgan fingerprint density at radius 2 is 0.929 bits per heavy atom. The maximum absolute atomic E-state index is 13.4. The molecule has 8 rings (SSSR count). The number of thioether (sulfide) groups is 1. The van der Waals surface area contributed by atoms with Crippen molar-refractivity contribution in [3.8, 4) is 0 Å². The third-order valence-electron chi connectivity index (χ3n) is 11.9. The minimum absolute atomic E-state index is 0.117. The van der Waals surface area contributed by atoms with E-state index in [9.17, 15) is 4.79 Å². The maximum atomic E-state index is 13.4. The topological polar surface area (TPSA) is 112 Å². The summed E-state index contributed by atoms with van der Waals surface area (Å²) < 4.78 is 62.1. The van der Waals surface area contributed by atoms with Gasteiger partial charge in [-0.3, -0.25) is 4.79 Å². The molecule has 0 radical (unpaired) electrons. The van der Waals surface area contributed by atoms with Gasteiger partial charge in [0.2, 0.25) is 5.91 Å². The lowest BCUT2D eigenvalue weighted by atomic mass is 9.94. The summed E-state index contributed by atoms with van der Waals surface area (Å²) in [4.78, 5) is 14.4. The Labute approximate surface area is 416 Å². The molecule has 2 aliphatic heterocycles. The molecule has 12 heteroatoms. The summed E-state index contributed by atoms with van der Waals surface area (Å²) in [5.74, 6) is -0.306. The second-order valence-electron chi connectivity index (χ2n) is 17.2. The molecule has 11 nitrogen and oxygen atoms in total. The summed E-state index contributed by atoms with van der Waals surface area (Å²) in [7, 11) is 0. The van der Waals surface area contributed by atoms with E-state index < -0.39 is 60.5 Å². The zero-order valence-electron chi connectivity index (χ0n) is 39.5. The third-order valence-corrected chi connectivity index (χ3v) is 13.1. The molecule has 2 fully saturated rings. The van der Waals surface area contributed by atoms with E-state index in [0.29, 0.717) is 13.2 Å². The van der Waals surface area contributed by atoms with Crippen LogP contribution in [-0.4, -0.2) is 86.2 Å². The Hall–Kier alpha value is -5.48. The van der Waals surface area contributed by atoms with Crippen molar-refractivity contribution in [2.45, 2.75) is 105 Å². The van der Waals surface area contributed by atoms with Gasteiger partial charge in [-0.15, -0.1) is 6.58 Å². The number of hydrogen-bond donors (Lipinski definition) is 1. The van der Waals surface area contributed by atoms with Crippen LogP contribution in [0.2, 0.25) is 0 Å². The molecule has 6 aromatic rings. The van der Waals surface area contributed by atoms with Crippen LogP contribution in [0.4, 0.5) is 0 Å². The molecule has 10 atom stereocenters. The molecule has 6 aromatic carbocycles. The van der Waals surface area contributed by atoms with Crippen LogP contribution in [0.1, 0.15) is 34.7 Å². The summed E-state index contributed by atoms with van der Waals surface area (Å²) in [5, 5.41) is 3.16. The zero-order chi connectivity index (χ0) is 48.2. The van der Waals surface area contributed by atoms with Crippen molar-refractivity contribution in [3.63, 3.8) is 0 Å². The molecular weight excluding hydrogens is 903 g/mol. The van der Waals surface area contributed by atoms with Gasteiger partial charge in [0.05, 0.1) is 52.9 Å². The first-order valence-corrected chi connectivity index (χ1v) is 24.8. The van der Waals surface area contributed by atoms with E-state index in [1.54, 1.807) is 17.8 Å². The second kappa shape index (κ2) is 27.2. The molecule has 1 amide bonds. The molecular formula is C58H63NO10S. The van der Waals surface area contributed by atoms with Crippen molar-refractivity contribution >= 4 is 17.7 Å². The van der Waals surface area contributed by atoms with Gasteiger partial charge >= 0.3 is 0 Å². The van der Waals surface area contributed by atoms with Crippen LogP contribution < -0.4 is 5.32 Å². The highest BCUT2D eigenvalue weighted by molar-refractivity contribution is 7.99. The molecule has 366 valence electrons. The summed E-state index contributed by atoms with van der Waals surface area (Å²) in [6, 6.07) is 59.1. The number of rotatable bonds is 25. The first-order valence-electron chi connectivity index (χ1n) is 23.9. The number of carbonyl (C=O) groups is 1. The number of nitrogens with one attached hydrogen (secondary N) is 1. The fraction of sp³-hybridized carbons (Fsp3) is 0.328. The largest absolute Gasteiger partial charge is 0.374 e. The minimum Gasteiger partial charge on any atom is -0.374 e. The van der Waals surface area contributed by atoms with Crippen LogP contribution in [0.25, 0.3) is 0 Å². The Bertz CT molecular complexity index is 2410. The van der Waals surface area contributed by atoms with Crippen molar-refractivity contribution in [1.29, 1.82) is 0 Å². The summed E-state index contributed by atoms with van der Waals surface area (Å²) in [5.41, 5.74) is 4.34. The van der Waals surface area contributed by atoms with Crippen molar-refractivity contribution in [2.75, 3.05) is 19.8 Å². The number of ether oxygens (including phenoxy) is 9.